The molecule has 3 N–H and O–H groups in total. The summed E-state index contributed by atoms with van der Waals surface area (Å²) < 4.78 is 1.95. The second kappa shape index (κ2) is 9.08. The van der Waals surface area contributed by atoms with Crippen molar-refractivity contribution in [1.82, 2.24) is 20.4 Å². The summed E-state index contributed by atoms with van der Waals surface area (Å²) in [5.74, 6) is 0. The zero-order valence-electron chi connectivity index (χ0n) is 14.3. The number of urea groups is 1. The van der Waals surface area contributed by atoms with Crippen LogP contribution >= 0.6 is 0 Å². The molecule has 0 bridgehead atoms. The molecule has 0 radical (unpaired) electrons. The van der Waals surface area contributed by atoms with E-state index in [4.69, 9.17) is 0 Å². The molecule has 1 aromatic heterocycles. The van der Waals surface area contributed by atoms with Crippen molar-refractivity contribution in [3.8, 4) is 0 Å². The first-order valence-electron chi connectivity index (χ1n) is 8.31. The average Bonchev–Trinajstić information content (AvgIpc) is 2.89. The average molecular weight is 330 g/mol. The van der Waals surface area contributed by atoms with E-state index in [-0.39, 0.29) is 18.7 Å². The molecule has 0 aliphatic heterocycles. The first-order valence-corrected chi connectivity index (χ1v) is 8.31. The van der Waals surface area contributed by atoms with Crippen molar-refractivity contribution in [3.05, 3.63) is 53.3 Å². The van der Waals surface area contributed by atoms with Crippen LogP contribution in [0.5, 0.6) is 0 Å². The van der Waals surface area contributed by atoms with E-state index in [1.165, 1.54) is 0 Å². The van der Waals surface area contributed by atoms with E-state index < -0.39 is 0 Å². The van der Waals surface area contributed by atoms with Gasteiger partial charge in [-0.1, -0.05) is 30.3 Å². The molecule has 1 aromatic carbocycles. The van der Waals surface area contributed by atoms with Gasteiger partial charge in [0.25, 0.3) is 0 Å². The molecule has 130 valence electrons. The second-order valence-electron chi connectivity index (χ2n) is 5.88. The number of benzene rings is 1. The van der Waals surface area contributed by atoms with Crippen LogP contribution < -0.4 is 10.6 Å². The Kier molecular flexibility index (Phi) is 6.81. The summed E-state index contributed by atoms with van der Waals surface area (Å²) in [6, 6.07) is 11.3. The van der Waals surface area contributed by atoms with Gasteiger partial charge in [-0.15, -0.1) is 0 Å². The number of carbonyl (C=O) groups is 1. The molecule has 1 heterocycles. The molecule has 0 unspecified atom stereocenters. The number of nitrogens with one attached hydrogen (secondary N) is 2. The molecule has 6 nitrogen and oxygen atoms in total. The second-order valence-corrected chi connectivity index (χ2v) is 5.88. The number of amides is 2. The summed E-state index contributed by atoms with van der Waals surface area (Å²) in [5.41, 5.74) is 3.13. The van der Waals surface area contributed by atoms with Crippen molar-refractivity contribution in [2.75, 3.05) is 13.2 Å². The third kappa shape index (κ3) is 5.38. The highest BCUT2D eigenvalue weighted by Gasteiger charge is 2.13. The van der Waals surface area contributed by atoms with E-state index in [0.717, 1.165) is 29.9 Å². The summed E-state index contributed by atoms with van der Waals surface area (Å²) in [6.45, 7) is 5.38. The lowest BCUT2D eigenvalue weighted by Crippen LogP contribution is -2.39. The maximum atomic E-state index is 12.1. The summed E-state index contributed by atoms with van der Waals surface area (Å²) in [4.78, 5) is 12.1. The molecule has 2 rings (SSSR count). The molecule has 24 heavy (non-hydrogen) atoms. The van der Waals surface area contributed by atoms with Gasteiger partial charge in [-0.05, 0) is 38.3 Å². The van der Waals surface area contributed by atoms with Gasteiger partial charge in [-0.2, -0.15) is 5.10 Å². The number of nitrogens with zero attached hydrogens (tertiary/aromatic N) is 2. The third-order valence-electron chi connectivity index (χ3n) is 3.86. The van der Waals surface area contributed by atoms with E-state index >= 15 is 0 Å². The predicted octanol–water partition coefficient (Wildman–Crippen LogP) is 2.31. The Bertz CT molecular complexity index is 640. The smallest absolute Gasteiger partial charge is 0.315 e. The molecular weight excluding hydrogens is 304 g/mol. The summed E-state index contributed by atoms with van der Waals surface area (Å²) >= 11 is 0. The molecule has 0 fully saturated rings. The molecule has 0 saturated carbocycles. The van der Waals surface area contributed by atoms with Crippen LogP contribution in [0.1, 0.15) is 35.8 Å². The van der Waals surface area contributed by atoms with Crippen LogP contribution in [-0.2, 0) is 6.54 Å². The predicted molar refractivity (Wildman–Crippen MR) is 93.7 cm³/mol. The van der Waals surface area contributed by atoms with Gasteiger partial charge < -0.3 is 15.7 Å². The minimum absolute atomic E-state index is 0.0256. The molecule has 0 aliphatic carbocycles. The number of hydrogen-bond donors (Lipinski definition) is 3. The van der Waals surface area contributed by atoms with Crippen LogP contribution in [0.25, 0.3) is 0 Å². The monoisotopic (exact) mass is 330 g/mol. The van der Waals surface area contributed by atoms with Crippen LogP contribution in [0.15, 0.2) is 36.4 Å². The fourth-order valence-corrected chi connectivity index (χ4v) is 2.68. The third-order valence-corrected chi connectivity index (χ3v) is 3.86. The lowest BCUT2D eigenvalue weighted by atomic mass is 10.0. The van der Waals surface area contributed by atoms with Gasteiger partial charge in [0.05, 0.1) is 11.7 Å². The maximum Gasteiger partial charge on any atom is 0.315 e. The standard InChI is InChI=1S/C18H26N4O2/c1-14-13-15(2)22(21-14)11-6-10-19-18(24)20-17(9-12-23)16-7-4-3-5-8-16/h3-5,7-8,13,17,23H,6,9-12H2,1-2H3,(H2,19,20,24)/t17-/m1/s1. The summed E-state index contributed by atoms with van der Waals surface area (Å²) in [5, 5.41) is 19.4. The first-order chi connectivity index (χ1) is 11.6. The summed E-state index contributed by atoms with van der Waals surface area (Å²) in [6.07, 6.45) is 1.30. The van der Waals surface area contributed by atoms with Crippen LogP contribution in [0.2, 0.25) is 0 Å². The van der Waals surface area contributed by atoms with Crippen molar-refractivity contribution < 1.29 is 9.90 Å². The molecule has 2 aromatic rings. The van der Waals surface area contributed by atoms with Crippen molar-refractivity contribution in [1.29, 1.82) is 0 Å². The Morgan fingerprint density at radius 3 is 2.67 bits per heavy atom. The summed E-state index contributed by atoms with van der Waals surface area (Å²) in [7, 11) is 0. The molecule has 2 amide bonds. The highest BCUT2D eigenvalue weighted by Crippen LogP contribution is 2.15. The molecule has 0 saturated heterocycles. The number of aliphatic hydroxyl groups is 1. The van der Waals surface area contributed by atoms with Crippen molar-refractivity contribution in [3.63, 3.8) is 0 Å². The lowest BCUT2D eigenvalue weighted by molar-refractivity contribution is 0.229. The van der Waals surface area contributed by atoms with E-state index in [2.05, 4.69) is 15.7 Å². The topological polar surface area (TPSA) is 79.2 Å². The molecule has 0 aliphatic rings. The van der Waals surface area contributed by atoms with Gasteiger partial charge in [-0.25, -0.2) is 4.79 Å². The van der Waals surface area contributed by atoms with Gasteiger partial charge in [0.15, 0.2) is 0 Å². The Hall–Kier alpha value is -2.34. The van der Waals surface area contributed by atoms with Gasteiger partial charge in [-0.3, -0.25) is 4.68 Å². The lowest BCUT2D eigenvalue weighted by Gasteiger charge is -2.18. The van der Waals surface area contributed by atoms with Crippen molar-refractivity contribution in [2.45, 2.75) is 39.3 Å². The van der Waals surface area contributed by atoms with E-state index in [1.807, 2.05) is 54.9 Å². The zero-order chi connectivity index (χ0) is 17.4. The quantitative estimate of drug-likeness (QED) is 0.650. The minimum Gasteiger partial charge on any atom is -0.396 e. The highest BCUT2D eigenvalue weighted by atomic mass is 16.3. The Morgan fingerprint density at radius 1 is 1.29 bits per heavy atom. The molecule has 6 heteroatoms. The van der Waals surface area contributed by atoms with Crippen LogP contribution in [0, 0.1) is 13.8 Å². The largest absolute Gasteiger partial charge is 0.396 e. The number of aliphatic hydroxyl groups excluding tert-OH is 1. The van der Waals surface area contributed by atoms with Crippen LogP contribution in [0.3, 0.4) is 0 Å². The molecule has 1 atom stereocenters. The Morgan fingerprint density at radius 2 is 2.04 bits per heavy atom. The van der Waals surface area contributed by atoms with Crippen LogP contribution in [-0.4, -0.2) is 34.1 Å². The SMILES string of the molecule is Cc1cc(C)n(CCCNC(=O)N[C@H](CCO)c2ccccc2)n1. The van der Waals surface area contributed by atoms with E-state index in [9.17, 15) is 9.90 Å². The number of aryl methyl sites for hydroxylation is 3. The van der Waals surface area contributed by atoms with E-state index in [0.29, 0.717) is 13.0 Å². The molecule has 0 spiro atoms. The van der Waals surface area contributed by atoms with Gasteiger partial charge in [0, 0.05) is 25.4 Å². The number of carbonyl (C=O) groups excluding carboxylic acids is 1. The fourth-order valence-electron chi connectivity index (χ4n) is 2.68. The van der Waals surface area contributed by atoms with E-state index in [1.54, 1.807) is 0 Å². The molecular formula is C18H26N4O2. The van der Waals surface area contributed by atoms with Crippen molar-refractivity contribution >= 4 is 6.03 Å². The fraction of sp³-hybridized carbons (Fsp3) is 0.444. The normalized spacial score (nSPS) is 12.0. The van der Waals surface area contributed by atoms with Gasteiger partial charge >= 0.3 is 6.03 Å². The first kappa shape index (κ1) is 18.0. The van der Waals surface area contributed by atoms with Crippen molar-refractivity contribution in [2.24, 2.45) is 0 Å². The van der Waals surface area contributed by atoms with Gasteiger partial charge in [0.1, 0.15) is 0 Å². The minimum atomic E-state index is -0.217. The number of hydrogen-bond acceptors (Lipinski definition) is 3. The zero-order valence-corrected chi connectivity index (χ0v) is 14.3. The number of aromatic nitrogens is 2. The highest BCUT2D eigenvalue weighted by molar-refractivity contribution is 5.74. The number of rotatable bonds is 8. The van der Waals surface area contributed by atoms with Crippen LogP contribution in [0.4, 0.5) is 4.79 Å². The maximum absolute atomic E-state index is 12.1. The Balaban J connectivity index is 1.76. The van der Waals surface area contributed by atoms with Gasteiger partial charge in [0.2, 0.25) is 0 Å². The Labute approximate surface area is 142 Å².